The molecule has 0 aliphatic carbocycles. The standard InChI is InChI=1S/C10H6ClS2/c11-8-3-5-9(6-4-8)13-10-2-1-7-12-10/h2-7H. The predicted octanol–water partition coefficient (Wildman–Crippen LogP) is 4.35. The molecule has 65 valence electrons. The fourth-order valence-corrected chi connectivity index (χ4v) is 2.67. The summed E-state index contributed by atoms with van der Waals surface area (Å²) in [6, 6.07) is 12.9. The van der Waals surface area contributed by atoms with Crippen LogP contribution in [0.25, 0.3) is 0 Å². The molecule has 1 heterocycles. The van der Waals surface area contributed by atoms with Gasteiger partial charge in [-0.25, -0.2) is 0 Å². The fraction of sp³-hybridized carbons (Fsp3) is 0. The average molecular weight is 226 g/mol. The maximum absolute atomic E-state index is 5.78. The van der Waals surface area contributed by atoms with Crippen molar-refractivity contribution < 1.29 is 0 Å². The van der Waals surface area contributed by atoms with Gasteiger partial charge in [0.25, 0.3) is 0 Å². The molecular formula is C10H6ClS2. The molecular weight excluding hydrogens is 220 g/mol. The topological polar surface area (TPSA) is 0 Å². The summed E-state index contributed by atoms with van der Waals surface area (Å²) in [4.78, 5) is 1.21. The Hall–Kier alpha value is -0.440. The van der Waals surface area contributed by atoms with Crippen LogP contribution >= 0.6 is 34.7 Å². The van der Waals surface area contributed by atoms with Crippen LogP contribution in [0.3, 0.4) is 0 Å². The van der Waals surface area contributed by atoms with Gasteiger partial charge >= 0.3 is 0 Å². The van der Waals surface area contributed by atoms with Crippen LogP contribution in [-0.4, -0.2) is 0 Å². The summed E-state index contributed by atoms with van der Waals surface area (Å²) in [5.41, 5.74) is 0. The summed E-state index contributed by atoms with van der Waals surface area (Å²) in [7, 11) is 0. The first-order valence-electron chi connectivity index (χ1n) is 3.72. The molecule has 0 fully saturated rings. The van der Waals surface area contributed by atoms with Gasteiger partial charge in [-0.05, 0) is 41.8 Å². The summed E-state index contributed by atoms with van der Waals surface area (Å²) >= 11 is 9.21. The van der Waals surface area contributed by atoms with E-state index >= 15 is 0 Å². The average Bonchev–Trinajstić information content (AvgIpc) is 2.62. The van der Waals surface area contributed by atoms with E-state index < -0.39 is 0 Å². The van der Waals surface area contributed by atoms with Crippen LogP contribution in [0.4, 0.5) is 0 Å². The second kappa shape index (κ2) is 4.18. The third kappa shape index (κ3) is 2.50. The molecule has 0 unspecified atom stereocenters. The highest BCUT2D eigenvalue weighted by atomic mass is 35.5. The van der Waals surface area contributed by atoms with Crippen molar-refractivity contribution in [3.8, 4) is 0 Å². The lowest BCUT2D eigenvalue weighted by atomic mass is 10.4. The molecule has 0 atom stereocenters. The van der Waals surface area contributed by atoms with Crippen molar-refractivity contribution >= 4 is 34.7 Å². The van der Waals surface area contributed by atoms with E-state index in [9.17, 15) is 0 Å². The largest absolute Gasteiger partial charge is 0.136 e. The molecule has 2 rings (SSSR count). The molecule has 1 aromatic carbocycles. The van der Waals surface area contributed by atoms with Gasteiger partial charge in [0.15, 0.2) is 0 Å². The molecule has 1 aromatic heterocycles. The minimum Gasteiger partial charge on any atom is -0.136 e. The third-order valence-corrected chi connectivity index (χ3v) is 3.70. The molecule has 13 heavy (non-hydrogen) atoms. The second-order valence-corrected chi connectivity index (χ2v) is 5.14. The lowest BCUT2D eigenvalue weighted by Crippen LogP contribution is -1.68. The summed E-state index contributed by atoms with van der Waals surface area (Å²) in [5.74, 6) is 0. The van der Waals surface area contributed by atoms with E-state index in [1.54, 1.807) is 23.1 Å². The van der Waals surface area contributed by atoms with Crippen LogP contribution in [0, 0.1) is 6.07 Å². The van der Waals surface area contributed by atoms with E-state index in [2.05, 4.69) is 6.07 Å². The first-order chi connectivity index (χ1) is 6.34. The fourth-order valence-electron chi connectivity index (χ4n) is 0.900. The number of hydrogen-bond donors (Lipinski definition) is 0. The van der Waals surface area contributed by atoms with Crippen LogP contribution in [0.2, 0.25) is 5.02 Å². The van der Waals surface area contributed by atoms with Crippen molar-refractivity contribution in [2.24, 2.45) is 0 Å². The summed E-state index contributed by atoms with van der Waals surface area (Å²) in [6.45, 7) is 0. The van der Waals surface area contributed by atoms with Gasteiger partial charge in [-0.2, -0.15) is 0 Å². The van der Waals surface area contributed by atoms with E-state index in [1.807, 2.05) is 35.7 Å². The Labute approximate surface area is 90.6 Å². The smallest absolute Gasteiger partial charge is 0.0652 e. The van der Waals surface area contributed by atoms with Crippen molar-refractivity contribution in [3.63, 3.8) is 0 Å². The Kier molecular flexibility index (Phi) is 2.94. The molecule has 0 nitrogen and oxygen atoms in total. The van der Waals surface area contributed by atoms with Crippen molar-refractivity contribution in [2.45, 2.75) is 9.10 Å². The molecule has 1 radical (unpaired) electrons. The Morgan fingerprint density at radius 1 is 1.23 bits per heavy atom. The number of halogens is 1. The van der Waals surface area contributed by atoms with Crippen molar-refractivity contribution in [1.82, 2.24) is 0 Å². The SMILES string of the molecule is Clc1ccc(Sc2c[c]cs2)cc1. The number of rotatable bonds is 2. The van der Waals surface area contributed by atoms with Gasteiger partial charge in [0.2, 0.25) is 0 Å². The normalized spacial score (nSPS) is 10.2. The molecule has 2 aromatic rings. The molecule has 0 N–H and O–H groups in total. The van der Waals surface area contributed by atoms with Gasteiger partial charge in [-0.3, -0.25) is 0 Å². The van der Waals surface area contributed by atoms with Gasteiger partial charge in [-0.1, -0.05) is 23.4 Å². The van der Waals surface area contributed by atoms with Gasteiger partial charge in [-0.15, -0.1) is 11.3 Å². The Morgan fingerprint density at radius 2 is 2.00 bits per heavy atom. The highest BCUT2D eigenvalue weighted by Crippen LogP contribution is 2.31. The molecule has 3 heteroatoms. The van der Waals surface area contributed by atoms with Gasteiger partial charge in [0.1, 0.15) is 0 Å². The molecule has 0 aliphatic heterocycles. The first kappa shape index (κ1) is 9.13. The summed E-state index contributed by atoms with van der Waals surface area (Å²) < 4.78 is 1.25. The Morgan fingerprint density at radius 3 is 2.62 bits per heavy atom. The van der Waals surface area contributed by atoms with E-state index in [0.717, 1.165) is 5.02 Å². The monoisotopic (exact) mass is 225 g/mol. The number of hydrogen-bond acceptors (Lipinski definition) is 2. The third-order valence-electron chi connectivity index (χ3n) is 1.48. The van der Waals surface area contributed by atoms with E-state index in [1.165, 1.54) is 9.10 Å². The van der Waals surface area contributed by atoms with E-state index in [0.29, 0.717) is 0 Å². The molecule has 0 aliphatic rings. The minimum absolute atomic E-state index is 0.780. The highest BCUT2D eigenvalue weighted by molar-refractivity contribution is 8.01. The predicted molar refractivity (Wildman–Crippen MR) is 58.7 cm³/mol. The quantitative estimate of drug-likeness (QED) is 0.732. The van der Waals surface area contributed by atoms with Gasteiger partial charge in [0, 0.05) is 9.92 Å². The van der Waals surface area contributed by atoms with Crippen LogP contribution in [0.15, 0.2) is 44.8 Å². The molecule has 0 amide bonds. The van der Waals surface area contributed by atoms with Crippen LogP contribution in [-0.2, 0) is 0 Å². The minimum atomic E-state index is 0.780. The molecule has 0 saturated carbocycles. The van der Waals surface area contributed by atoms with Crippen molar-refractivity contribution in [2.75, 3.05) is 0 Å². The zero-order chi connectivity index (χ0) is 9.10. The van der Waals surface area contributed by atoms with Gasteiger partial charge < -0.3 is 0 Å². The second-order valence-electron chi connectivity index (χ2n) is 2.42. The Bertz CT molecular complexity index is 364. The lowest BCUT2D eigenvalue weighted by Gasteiger charge is -1.97. The zero-order valence-corrected chi connectivity index (χ0v) is 9.05. The zero-order valence-electron chi connectivity index (χ0n) is 6.66. The van der Waals surface area contributed by atoms with Crippen LogP contribution in [0.5, 0.6) is 0 Å². The van der Waals surface area contributed by atoms with Gasteiger partial charge in [0.05, 0.1) is 4.21 Å². The molecule has 0 bridgehead atoms. The van der Waals surface area contributed by atoms with Crippen molar-refractivity contribution in [3.05, 3.63) is 46.8 Å². The molecule has 0 saturated heterocycles. The van der Waals surface area contributed by atoms with Crippen molar-refractivity contribution in [1.29, 1.82) is 0 Å². The first-order valence-corrected chi connectivity index (χ1v) is 5.80. The molecule has 0 spiro atoms. The number of thiophene rings is 1. The summed E-state index contributed by atoms with van der Waals surface area (Å²) in [5, 5.41) is 2.74. The van der Waals surface area contributed by atoms with Crippen LogP contribution in [0.1, 0.15) is 0 Å². The highest BCUT2D eigenvalue weighted by Gasteiger charge is 1.97. The Balaban J connectivity index is 2.15. The van der Waals surface area contributed by atoms with E-state index in [4.69, 9.17) is 11.6 Å². The summed E-state index contributed by atoms with van der Waals surface area (Å²) in [6.07, 6.45) is 0. The van der Waals surface area contributed by atoms with E-state index in [-0.39, 0.29) is 0 Å². The maximum Gasteiger partial charge on any atom is 0.0652 e. The number of benzene rings is 1. The lowest BCUT2D eigenvalue weighted by molar-refractivity contribution is 1.46. The maximum atomic E-state index is 5.78. The van der Waals surface area contributed by atoms with Crippen LogP contribution < -0.4 is 0 Å².